The number of amides is 1. The zero-order valence-electron chi connectivity index (χ0n) is 15.8. The molecule has 1 N–H and O–H groups in total. The molecule has 1 aliphatic rings. The Hall–Kier alpha value is -2.34. The lowest BCUT2D eigenvalue weighted by atomic mass is 9.99. The van der Waals surface area contributed by atoms with Crippen LogP contribution in [0.15, 0.2) is 53.4 Å². The summed E-state index contributed by atoms with van der Waals surface area (Å²) in [6.45, 7) is 5.96. The molecule has 1 saturated heterocycles. The van der Waals surface area contributed by atoms with Gasteiger partial charge in [0, 0.05) is 24.5 Å². The van der Waals surface area contributed by atoms with Crippen molar-refractivity contribution < 1.29 is 13.2 Å². The quantitative estimate of drug-likeness (QED) is 0.844. The van der Waals surface area contributed by atoms with Gasteiger partial charge in [0.2, 0.25) is 0 Å². The number of nitrogens with one attached hydrogen (secondary N) is 1. The zero-order valence-corrected chi connectivity index (χ0v) is 16.6. The van der Waals surface area contributed by atoms with E-state index in [1.165, 1.54) is 18.9 Å². The number of carbonyl (C=O) groups excluding carboxylic acids is 1. The summed E-state index contributed by atoms with van der Waals surface area (Å²) in [5, 5.41) is 2.81. The molecule has 1 aliphatic heterocycles. The minimum Gasteiger partial charge on any atom is -0.372 e. The van der Waals surface area contributed by atoms with Crippen molar-refractivity contribution in [1.29, 1.82) is 0 Å². The van der Waals surface area contributed by atoms with Gasteiger partial charge in [-0.05, 0) is 55.2 Å². The average molecular weight is 387 g/mol. The lowest BCUT2D eigenvalue weighted by molar-refractivity contribution is 0.102. The first-order chi connectivity index (χ1) is 12.9. The standard InChI is InChI=1S/C21H26N2O3S/c1-3-27(25,26)20-7-5-4-6-19(20)21(24)22-17-8-10-18(11-9-17)23-14-12-16(2)13-15-23/h4-11,16H,3,12-15H2,1-2H3,(H,22,24). The van der Waals surface area contributed by atoms with E-state index in [9.17, 15) is 13.2 Å². The third kappa shape index (κ3) is 4.50. The predicted octanol–water partition coefficient (Wildman–Crippen LogP) is 3.97. The highest BCUT2D eigenvalue weighted by Gasteiger charge is 2.21. The SMILES string of the molecule is CCS(=O)(=O)c1ccccc1C(=O)Nc1ccc(N2CCC(C)CC2)cc1. The first-order valence-electron chi connectivity index (χ1n) is 9.39. The van der Waals surface area contributed by atoms with Gasteiger partial charge >= 0.3 is 0 Å². The molecule has 0 bridgehead atoms. The van der Waals surface area contributed by atoms with Gasteiger partial charge in [-0.25, -0.2) is 8.42 Å². The summed E-state index contributed by atoms with van der Waals surface area (Å²) in [5.41, 5.74) is 1.97. The van der Waals surface area contributed by atoms with Crippen molar-refractivity contribution in [3.8, 4) is 0 Å². The van der Waals surface area contributed by atoms with E-state index in [0.29, 0.717) is 5.69 Å². The van der Waals surface area contributed by atoms with E-state index in [1.54, 1.807) is 25.1 Å². The summed E-state index contributed by atoms with van der Waals surface area (Å²) >= 11 is 0. The van der Waals surface area contributed by atoms with E-state index in [0.717, 1.165) is 24.7 Å². The van der Waals surface area contributed by atoms with Crippen LogP contribution in [0, 0.1) is 5.92 Å². The Morgan fingerprint density at radius 3 is 2.33 bits per heavy atom. The number of nitrogens with zero attached hydrogens (tertiary/aromatic N) is 1. The van der Waals surface area contributed by atoms with Gasteiger partial charge in [0.1, 0.15) is 0 Å². The number of carbonyl (C=O) groups is 1. The topological polar surface area (TPSA) is 66.5 Å². The van der Waals surface area contributed by atoms with E-state index >= 15 is 0 Å². The number of rotatable bonds is 5. The van der Waals surface area contributed by atoms with Crippen molar-refractivity contribution in [2.45, 2.75) is 31.6 Å². The second-order valence-electron chi connectivity index (χ2n) is 7.07. The van der Waals surface area contributed by atoms with Crippen molar-refractivity contribution in [2.75, 3.05) is 29.1 Å². The highest BCUT2D eigenvalue weighted by Crippen LogP contribution is 2.25. The second kappa shape index (κ2) is 8.13. The van der Waals surface area contributed by atoms with E-state index in [2.05, 4.69) is 17.1 Å². The summed E-state index contributed by atoms with van der Waals surface area (Å²) < 4.78 is 24.5. The molecule has 0 atom stereocenters. The molecule has 0 aromatic heterocycles. The molecule has 0 aliphatic carbocycles. The number of hydrogen-bond donors (Lipinski definition) is 1. The first kappa shape index (κ1) is 19.4. The van der Waals surface area contributed by atoms with Gasteiger partial charge in [-0.15, -0.1) is 0 Å². The summed E-state index contributed by atoms with van der Waals surface area (Å²) in [6.07, 6.45) is 2.39. The molecule has 144 valence electrons. The molecule has 5 nitrogen and oxygen atoms in total. The third-order valence-electron chi connectivity index (χ3n) is 5.12. The van der Waals surface area contributed by atoms with Crippen LogP contribution in [0.3, 0.4) is 0 Å². The van der Waals surface area contributed by atoms with Crippen LogP contribution < -0.4 is 10.2 Å². The van der Waals surface area contributed by atoms with Gasteiger partial charge in [-0.1, -0.05) is 26.0 Å². The summed E-state index contributed by atoms with van der Waals surface area (Å²) in [5.74, 6) is 0.321. The largest absolute Gasteiger partial charge is 0.372 e. The molecule has 2 aromatic rings. The van der Waals surface area contributed by atoms with Gasteiger partial charge in [-0.2, -0.15) is 0 Å². The van der Waals surface area contributed by atoms with Crippen LogP contribution in [0.1, 0.15) is 37.0 Å². The van der Waals surface area contributed by atoms with Crippen molar-refractivity contribution in [3.63, 3.8) is 0 Å². The fourth-order valence-electron chi connectivity index (χ4n) is 3.30. The average Bonchev–Trinajstić information content (AvgIpc) is 2.69. The third-order valence-corrected chi connectivity index (χ3v) is 6.91. The monoisotopic (exact) mass is 386 g/mol. The van der Waals surface area contributed by atoms with Crippen LogP contribution in [0.2, 0.25) is 0 Å². The predicted molar refractivity (Wildman–Crippen MR) is 109 cm³/mol. The number of hydrogen-bond acceptors (Lipinski definition) is 4. The van der Waals surface area contributed by atoms with Crippen molar-refractivity contribution in [2.24, 2.45) is 5.92 Å². The maximum atomic E-state index is 12.6. The summed E-state index contributed by atoms with van der Waals surface area (Å²) in [7, 11) is -3.46. The lowest BCUT2D eigenvalue weighted by Crippen LogP contribution is -2.32. The molecule has 1 fully saturated rings. The van der Waals surface area contributed by atoms with Crippen molar-refractivity contribution in [1.82, 2.24) is 0 Å². The Morgan fingerprint density at radius 2 is 1.70 bits per heavy atom. The fraction of sp³-hybridized carbons (Fsp3) is 0.381. The van der Waals surface area contributed by atoms with Gasteiger partial charge in [0.05, 0.1) is 16.2 Å². The molecule has 0 radical (unpaired) electrons. The smallest absolute Gasteiger partial charge is 0.256 e. The molecule has 27 heavy (non-hydrogen) atoms. The molecular weight excluding hydrogens is 360 g/mol. The Balaban J connectivity index is 1.74. The van der Waals surface area contributed by atoms with Crippen LogP contribution >= 0.6 is 0 Å². The molecule has 3 rings (SSSR count). The number of anilines is 2. The second-order valence-corrected chi connectivity index (χ2v) is 9.32. The van der Waals surface area contributed by atoms with Gasteiger partial charge < -0.3 is 10.2 Å². The van der Waals surface area contributed by atoms with E-state index in [-0.39, 0.29) is 16.2 Å². The molecule has 0 unspecified atom stereocenters. The van der Waals surface area contributed by atoms with Gasteiger partial charge in [-0.3, -0.25) is 4.79 Å². The maximum Gasteiger partial charge on any atom is 0.256 e. The molecule has 1 amide bonds. The molecule has 0 saturated carbocycles. The molecular formula is C21H26N2O3S. The van der Waals surface area contributed by atoms with Crippen molar-refractivity contribution in [3.05, 3.63) is 54.1 Å². The van der Waals surface area contributed by atoms with Crippen LogP contribution in [0.25, 0.3) is 0 Å². The van der Waals surface area contributed by atoms with Crippen LogP contribution in [-0.2, 0) is 9.84 Å². The Labute approximate surface area is 161 Å². The van der Waals surface area contributed by atoms with Crippen LogP contribution in [0.5, 0.6) is 0 Å². The highest BCUT2D eigenvalue weighted by atomic mass is 32.2. The molecule has 2 aromatic carbocycles. The highest BCUT2D eigenvalue weighted by molar-refractivity contribution is 7.91. The normalized spacial score (nSPS) is 15.6. The summed E-state index contributed by atoms with van der Waals surface area (Å²) in [4.78, 5) is 15.1. The molecule has 6 heteroatoms. The fourth-order valence-corrected chi connectivity index (χ4v) is 4.39. The van der Waals surface area contributed by atoms with Gasteiger partial charge in [0.15, 0.2) is 9.84 Å². The molecule has 1 heterocycles. The zero-order chi connectivity index (χ0) is 19.4. The van der Waals surface area contributed by atoms with Crippen LogP contribution in [-0.4, -0.2) is 33.2 Å². The Morgan fingerprint density at radius 1 is 1.07 bits per heavy atom. The Kier molecular flexibility index (Phi) is 5.85. The molecule has 0 spiro atoms. The van der Waals surface area contributed by atoms with E-state index in [4.69, 9.17) is 0 Å². The number of piperidine rings is 1. The minimum absolute atomic E-state index is 0.0412. The van der Waals surface area contributed by atoms with E-state index in [1.807, 2.05) is 24.3 Å². The van der Waals surface area contributed by atoms with Crippen LogP contribution in [0.4, 0.5) is 11.4 Å². The summed E-state index contributed by atoms with van der Waals surface area (Å²) in [6, 6.07) is 14.1. The first-order valence-corrected chi connectivity index (χ1v) is 11.0. The van der Waals surface area contributed by atoms with Gasteiger partial charge in [0.25, 0.3) is 5.91 Å². The number of sulfone groups is 1. The minimum atomic E-state index is -3.46. The van der Waals surface area contributed by atoms with E-state index < -0.39 is 15.7 Å². The Bertz CT molecular complexity index is 899. The van der Waals surface area contributed by atoms with Crippen molar-refractivity contribution >= 4 is 27.1 Å². The number of benzene rings is 2. The lowest BCUT2D eigenvalue weighted by Gasteiger charge is -2.32. The maximum absolute atomic E-state index is 12.6.